The number of amides is 1. The van der Waals surface area contributed by atoms with Gasteiger partial charge in [0.2, 0.25) is 5.91 Å². The van der Waals surface area contributed by atoms with Crippen LogP contribution in [0.15, 0.2) is 30.3 Å². The lowest BCUT2D eigenvalue weighted by Crippen LogP contribution is -2.42. The fourth-order valence-electron chi connectivity index (χ4n) is 2.12. The third-order valence-electron chi connectivity index (χ3n) is 3.14. The molecule has 1 aliphatic heterocycles. The number of hydrogen-bond acceptors (Lipinski definition) is 3. The molecule has 1 unspecified atom stereocenters. The molecule has 2 rings (SSSR count). The van der Waals surface area contributed by atoms with E-state index in [1.165, 1.54) is 0 Å². The van der Waals surface area contributed by atoms with Gasteiger partial charge in [-0.25, -0.2) is 4.79 Å². The van der Waals surface area contributed by atoms with E-state index >= 15 is 0 Å². The van der Waals surface area contributed by atoms with E-state index in [1.807, 2.05) is 0 Å². The zero-order chi connectivity index (χ0) is 13.7. The lowest BCUT2D eigenvalue weighted by molar-refractivity contribution is -0.145. The number of benzene rings is 1. The van der Waals surface area contributed by atoms with Crippen LogP contribution in [0.3, 0.4) is 0 Å². The first-order chi connectivity index (χ1) is 9.18. The van der Waals surface area contributed by atoms with Crippen molar-refractivity contribution in [3.63, 3.8) is 0 Å². The van der Waals surface area contributed by atoms with Crippen molar-refractivity contribution in [3.05, 3.63) is 35.9 Å². The molecule has 1 fully saturated rings. The molecule has 2 N–H and O–H groups in total. The minimum Gasteiger partial charge on any atom is -0.479 e. The number of carboxylic acid groups (broad SMARTS) is 1. The van der Waals surface area contributed by atoms with Crippen LogP contribution in [0.5, 0.6) is 0 Å². The van der Waals surface area contributed by atoms with Gasteiger partial charge < -0.3 is 15.2 Å². The Labute approximate surface area is 111 Å². The van der Waals surface area contributed by atoms with Crippen molar-refractivity contribution in [1.29, 1.82) is 0 Å². The second kappa shape index (κ2) is 6.33. The van der Waals surface area contributed by atoms with Crippen LogP contribution in [-0.2, 0) is 14.3 Å². The molecule has 1 aliphatic rings. The summed E-state index contributed by atoms with van der Waals surface area (Å²) in [7, 11) is 0. The van der Waals surface area contributed by atoms with Gasteiger partial charge in [-0.1, -0.05) is 30.3 Å². The zero-order valence-electron chi connectivity index (χ0n) is 10.5. The molecule has 1 heterocycles. The largest absolute Gasteiger partial charge is 0.479 e. The van der Waals surface area contributed by atoms with Crippen LogP contribution in [0.25, 0.3) is 0 Å². The van der Waals surface area contributed by atoms with Crippen molar-refractivity contribution >= 4 is 11.9 Å². The predicted octanol–water partition coefficient (Wildman–Crippen LogP) is 1.50. The normalized spacial score (nSPS) is 20.5. The molecule has 2 atom stereocenters. The number of hydrogen-bond donors (Lipinski definition) is 2. The fraction of sp³-hybridized carbons (Fsp3) is 0.429. The molecule has 102 valence electrons. The Morgan fingerprint density at radius 2 is 2.00 bits per heavy atom. The van der Waals surface area contributed by atoms with E-state index in [1.54, 1.807) is 30.3 Å². The first-order valence-corrected chi connectivity index (χ1v) is 6.38. The number of carbonyl (C=O) groups is 2. The van der Waals surface area contributed by atoms with E-state index in [0.717, 1.165) is 12.8 Å². The Morgan fingerprint density at radius 1 is 1.26 bits per heavy atom. The zero-order valence-corrected chi connectivity index (χ0v) is 10.5. The molecule has 1 aromatic carbocycles. The molecule has 1 aromatic rings. The van der Waals surface area contributed by atoms with Gasteiger partial charge >= 0.3 is 5.97 Å². The number of aliphatic carboxylic acids is 1. The Hall–Kier alpha value is -1.88. The van der Waals surface area contributed by atoms with E-state index in [-0.39, 0.29) is 5.91 Å². The van der Waals surface area contributed by atoms with Gasteiger partial charge in [0.25, 0.3) is 0 Å². The summed E-state index contributed by atoms with van der Waals surface area (Å²) in [5, 5.41) is 11.8. The Balaban J connectivity index is 2.04. The third-order valence-corrected chi connectivity index (χ3v) is 3.14. The van der Waals surface area contributed by atoms with Gasteiger partial charge in [0.05, 0.1) is 0 Å². The summed E-state index contributed by atoms with van der Waals surface area (Å²) in [4.78, 5) is 23.2. The summed E-state index contributed by atoms with van der Waals surface area (Å²) in [5.41, 5.74) is 0.555. The number of rotatable bonds is 4. The topological polar surface area (TPSA) is 75.6 Å². The third kappa shape index (κ3) is 3.54. The summed E-state index contributed by atoms with van der Waals surface area (Å²) >= 11 is 0. The van der Waals surface area contributed by atoms with Crippen molar-refractivity contribution in [2.24, 2.45) is 0 Å². The van der Waals surface area contributed by atoms with Gasteiger partial charge in [-0.15, -0.1) is 0 Å². The molecule has 0 saturated carbocycles. The fourth-order valence-corrected chi connectivity index (χ4v) is 2.12. The highest BCUT2D eigenvalue weighted by molar-refractivity contribution is 5.87. The molecule has 19 heavy (non-hydrogen) atoms. The molecule has 5 nitrogen and oxygen atoms in total. The minimum absolute atomic E-state index is 0.351. The van der Waals surface area contributed by atoms with Crippen molar-refractivity contribution in [2.75, 3.05) is 6.61 Å². The van der Waals surface area contributed by atoms with E-state index in [4.69, 9.17) is 4.74 Å². The van der Waals surface area contributed by atoms with Crippen LogP contribution in [0, 0.1) is 0 Å². The predicted molar refractivity (Wildman–Crippen MR) is 68.6 cm³/mol. The number of ether oxygens (including phenoxy) is 1. The molecule has 1 saturated heterocycles. The molecule has 0 bridgehead atoms. The molecule has 0 radical (unpaired) electrons. The highest BCUT2D eigenvalue weighted by Gasteiger charge is 2.27. The summed E-state index contributed by atoms with van der Waals surface area (Å²) in [6, 6.07) is 7.62. The Bertz CT molecular complexity index is 440. The van der Waals surface area contributed by atoms with Gasteiger partial charge in [-0.05, 0) is 24.8 Å². The Morgan fingerprint density at radius 3 is 2.58 bits per heavy atom. The Kier molecular flexibility index (Phi) is 4.52. The second-order valence-corrected chi connectivity index (χ2v) is 4.55. The van der Waals surface area contributed by atoms with Crippen LogP contribution >= 0.6 is 0 Å². The summed E-state index contributed by atoms with van der Waals surface area (Å²) in [5.74, 6) is -1.42. The summed E-state index contributed by atoms with van der Waals surface area (Å²) in [6.07, 6.45) is 2.00. The van der Waals surface area contributed by atoms with E-state index in [0.29, 0.717) is 18.6 Å². The van der Waals surface area contributed by atoms with Crippen molar-refractivity contribution in [3.8, 4) is 0 Å². The van der Waals surface area contributed by atoms with Crippen molar-refractivity contribution in [1.82, 2.24) is 5.32 Å². The van der Waals surface area contributed by atoms with Crippen LogP contribution in [0.4, 0.5) is 0 Å². The molecule has 0 aliphatic carbocycles. The van der Waals surface area contributed by atoms with Gasteiger partial charge in [0.1, 0.15) is 6.10 Å². The molecule has 0 spiro atoms. The van der Waals surface area contributed by atoms with Crippen LogP contribution < -0.4 is 5.32 Å². The van der Waals surface area contributed by atoms with Gasteiger partial charge in [0, 0.05) is 6.61 Å². The van der Waals surface area contributed by atoms with Crippen molar-refractivity contribution < 1.29 is 19.4 Å². The lowest BCUT2D eigenvalue weighted by Gasteiger charge is -2.23. The van der Waals surface area contributed by atoms with E-state index in [9.17, 15) is 14.7 Å². The standard InChI is InChI=1S/C14H17NO4/c16-13(11-8-4-5-9-19-11)15-12(14(17)18)10-6-2-1-3-7-10/h1-3,6-7,11-12H,4-5,8-9H2,(H,15,16)(H,17,18)/t11?,12-/m1/s1. The number of nitrogens with one attached hydrogen (secondary N) is 1. The SMILES string of the molecule is O=C(N[C@@H](C(=O)O)c1ccccc1)C1CCCCO1. The first-order valence-electron chi connectivity index (χ1n) is 6.38. The molecule has 5 heteroatoms. The minimum atomic E-state index is -1.07. The molecular weight excluding hydrogens is 246 g/mol. The van der Waals surface area contributed by atoms with Gasteiger partial charge in [-0.3, -0.25) is 4.79 Å². The summed E-state index contributed by atoms with van der Waals surface area (Å²) in [6.45, 7) is 0.557. The highest BCUT2D eigenvalue weighted by atomic mass is 16.5. The maximum atomic E-state index is 12.0. The highest BCUT2D eigenvalue weighted by Crippen LogP contribution is 2.16. The van der Waals surface area contributed by atoms with Gasteiger partial charge in [-0.2, -0.15) is 0 Å². The van der Waals surface area contributed by atoms with Gasteiger partial charge in [0.15, 0.2) is 6.04 Å². The summed E-state index contributed by atoms with van der Waals surface area (Å²) < 4.78 is 5.35. The smallest absolute Gasteiger partial charge is 0.330 e. The average molecular weight is 263 g/mol. The van der Waals surface area contributed by atoms with E-state index < -0.39 is 18.1 Å². The second-order valence-electron chi connectivity index (χ2n) is 4.55. The van der Waals surface area contributed by atoms with Crippen molar-refractivity contribution in [2.45, 2.75) is 31.4 Å². The number of carbonyl (C=O) groups excluding carboxylic acids is 1. The molecular formula is C14H17NO4. The molecule has 1 amide bonds. The maximum absolute atomic E-state index is 12.0. The van der Waals surface area contributed by atoms with Crippen LogP contribution in [0.1, 0.15) is 30.9 Å². The van der Waals surface area contributed by atoms with Crippen LogP contribution in [0.2, 0.25) is 0 Å². The number of carboxylic acids is 1. The van der Waals surface area contributed by atoms with E-state index in [2.05, 4.69) is 5.32 Å². The quantitative estimate of drug-likeness (QED) is 0.863. The van der Waals surface area contributed by atoms with Crippen LogP contribution in [-0.4, -0.2) is 29.7 Å². The first kappa shape index (κ1) is 13.5. The lowest BCUT2D eigenvalue weighted by atomic mass is 10.1. The molecule has 0 aromatic heterocycles. The monoisotopic (exact) mass is 263 g/mol. The maximum Gasteiger partial charge on any atom is 0.330 e. The average Bonchev–Trinajstić information content (AvgIpc) is 2.46.